The first-order valence-corrected chi connectivity index (χ1v) is 7.06. The van der Waals surface area contributed by atoms with Gasteiger partial charge >= 0.3 is 11.9 Å². The van der Waals surface area contributed by atoms with Gasteiger partial charge < -0.3 is 13.9 Å². The van der Waals surface area contributed by atoms with Crippen LogP contribution in [0.4, 0.5) is 0 Å². The minimum Gasteiger partial charge on any atom is -0.468 e. The number of nitrogens with zero attached hydrogens (tertiary/aromatic N) is 1. The number of likely N-dealkylation sites (tertiary alicyclic amines) is 1. The number of ether oxygens (including phenoxy) is 2. The van der Waals surface area contributed by atoms with E-state index < -0.39 is 5.97 Å². The number of furan rings is 1. The van der Waals surface area contributed by atoms with Crippen LogP contribution in [0.5, 0.6) is 0 Å². The van der Waals surface area contributed by atoms with Gasteiger partial charge in [-0.2, -0.15) is 0 Å². The minimum absolute atomic E-state index is 0.217. The molecule has 2 rings (SSSR count). The van der Waals surface area contributed by atoms with Crippen molar-refractivity contribution in [2.75, 3.05) is 20.8 Å². The summed E-state index contributed by atoms with van der Waals surface area (Å²) in [5.74, 6) is 0.177. The summed E-state index contributed by atoms with van der Waals surface area (Å²) >= 11 is 0. The number of carbonyl (C=O) groups excluding carboxylic acids is 2. The predicted octanol–water partition coefficient (Wildman–Crippen LogP) is 1.90. The van der Waals surface area contributed by atoms with Crippen molar-refractivity contribution in [1.82, 2.24) is 4.90 Å². The number of methoxy groups -OCH3 is 2. The summed E-state index contributed by atoms with van der Waals surface area (Å²) < 4.78 is 15.1. The SMILES string of the molecule is COC(=O)c1oc(CN2CCCCC2C(=O)OC)cc1C. The van der Waals surface area contributed by atoms with Crippen molar-refractivity contribution in [2.24, 2.45) is 0 Å². The Kier molecular flexibility index (Phi) is 5.01. The van der Waals surface area contributed by atoms with Crippen molar-refractivity contribution < 1.29 is 23.5 Å². The molecule has 0 spiro atoms. The molecule has 0 amide bonds. The average molecular weight is 295 g/mol. The summed E-state index contributed by atoms with van der Waals surface area (Å²) in [5, 5.41) is 0. The maximum Gasteiger partial charge on any atom is 0.374 e. The summed E-state index contributed by atoms with van der Waals surface area (Å²) in [5.41, 5.74) is 0.739. The summed E-state index contributed by atoms with van der Waals surface area (Å²) in [6, 6.07) is 1.57. The van der Waals surface area contributed by atoms with Gasteiger partial charge in [0.2, 0.25) is 5.76 Å². The van der Waals surface area contributed by atoms with Crippen LogP contribution in [-0.2, 0) is 20.8 Å². The number of hydrogen-bond donors (Lipinski definition) is 0. The van der Waals surface area contributed by atoms with E-state index in [0.29, 0.717) is 12.3 Å². The second-order valence-corrected chi connectivity index (χ2v) is 5.22. The van der Waals surface area contributed by atoms with Crippen LogP contribution in [0.15, 0.2) is 10.5 Å². The van der Waals surface area contributed by atoms with Crippen molar-refractivity contribution in [3.05, 3.63) is 23.2 Å². The zero-order valence-electron chi connectivity index (χ0n) is 12.7. The van der Waals surface area contributed by atoms with Gasteiger partial charge in [0, 0.05) is 5.56 Å². The molecule has 0 aromatic carbocycles. The average Bonchev–Trinajstić information content (AvgIpc) is 2.86. The molecule has 6 nitrogen and oxygen atoms in total. The highest BCUT2D eigenvalue weighted by Gasteiger charge is 2.30. The van der Waals surface area contributed by atoms with Crippen LogP contribution in [0.3, 0.4) is 0 Å². The number of rotatable bonds is 4. The Hall–Kier alpha value is -1.82. The van der Waals surface area contributed by atoms with Crippen LogP contribution in [0.1, 0.15) is 41.1 Å². The van der Waals surface area contributed by atoms with Gasteiger partial charge in [-0.1, -0.05) is 6.42 Å². The molecule has 0 aliphatic carbocycles. The van der Waals surface area contributed by atoms with Crippen molar-refractivity contribution in [3.63, 3.8) is 0 Å². The second kappa shape index (κ2) is 6.76. The Morgan fingerprint density at radius 2 is 2.10 bits per heavy atom. The fraction of sp³-hybridized carbons (Fsp3) is 0.600. The quantitative estimate of drug-likeness (QED) is 0.790. The molecule has 21 heavy (non-hydrogen) atoms. The van der Waals surface area contributed by atoms with Crippen LogP contribution >= 0.6 is 0 Å². The molecule has 6 heteroatoms. The molecule has 2 heterocycles. The Balaban J connectivity index is 2.12. The van der Waals surface area contributed by atoms with Gasteiger partial charge in [-0.05, 0) is 32.4 Å². The molecule has 0 bridgehead atoms. The molecular weight excluding hydrogens is 274 g/mol. The van der Waals surface area contributed by atoms with Crippen LogP contribution in [0.2, 0.25) is 0 Å². The van der Waals surface area contributed by atoms with Crippen LogP contribution in [0, 0.1) is 6.92 Å². The molecule has 116 valence electrons. The summed E-state index contributed by atoms with van der Waals surface area (Å²) in [6.45, 7) is 3.10. The van der Waals surface area contributed by atoms with Crippen molar-refractivity contribution in [3.8, 4) is 0 Å². The van der Waals surface area contributed by atoms with Crippen LogP contribution < -0.4 is 0 Å². The number of carbonyl (C=O) groups is 2. The smallest absolute Gasteiger partial charge is 0.374 e. The first kappa shape index (κ1) is 15.6. The van der Waals surface area contributed by atoms with Crippen molar-refractivity contribution >= 4 is 11.9 Å². The predicted molar refractivity (Wildman–Crippen MR) is 74.8 cm³/mol. The molecule has 1 saturated heterocycles. The van der Waals surface area contributed by atoms with E-state index in [2.05, 4.69) is 4.74 Å². The topological polar surface area (TPSA) is 69.0 Å². The van der Waals surface area contributed by atoms with Gasteiger partial charge in [-0.3, -0.25) is 9.69 Å². The Morgan fingerprint density at radius 3 is 2.76 bits per heavy atom. The highest BCUT2D eigenvalue weighted by Crippen LogP contribution is 2.23. The lowest BCUT2D eigenvalue weighted by Crippen LogP contribution is -2.44. The summed E-state index contributed by atoms with van der Waals surface area (Å²) in [6.07, 6.45) is 2.84. The summed E-state index contributed by atoms with van der Waals surface area (Å²) in [4.78, 5) is 25.4. The second-order valence-electron chi connectivity index (χ2n) is 5.22. The van der Waals surface area contributed by atoms with Gasteiger partial charge in [0.05, 0.1) is 20.8 Å². The van der Waals surface area contributed by atoms with Gasteiger partial charge in [-0.25, -0.2) is 4.79 Å². The van der Waals surface area contributed by atoms with E-state index in [0.717, 1.165) is 31.4 Å². The Labute approximate surface area is 124 Å². The highest BCUT2D eigenvalue weighted by molar-refractivity contribution is 5.87. The molecule has 1 aromatic heterocycles. The van der Waals surface area contributed by atoms with E-state index in [9.17, 15) is 9.59 Å². The molecule has 1 unspecified atom stereocenters. The molecular formula is C15H21NO5. The third-order valence-corrected chi connectivity index (χ3v) is 3.79. The number of hydrogen-bond acceptors (Lipinski definition) is 6. The molecule has 1 atom stereocenters. The molecule has 0 N–H and O–H groups in total. The maximum absolute atomic E-state index is 11.8. The molecule has 1 aliphatic heterocycles. The van der Waals surface area contributed by atoms with Crippen molar-refractivity contribution in [2.45, 2.75) is 38.8 Å². The zero-order valence-corrected chi connectivity index (χ0v) is 12.7. The fourth-order valence-corrected chi connectivity index (χ4v) is 2.70. The van der Waals surface area contributed by atoms with Gasteiger partial charge in [0.1, 0.15) is 11.8 Å². The van der Waals surface area contributed by atoms with Gasteiger partial charge in [-0.15, -0.1) is 0 Å². The molecule has 0 radical (unpaired) electrons. The van der Waals surface area contributed by atoms with Gasteiger partial charge in [0.15, 0.2) is 0 Å². The highest BCUT2D eigenvalue weighted by atomic mass is 16.5. The number of esters is 2. The lowest BCUT2D eigenvalue weighted by atomic mass is 10.0. The fourth-order valence-electron chi connectivity index (χ4n) is 2.70. The first-order chi connectivity index (χ1) is 10.1. The van der Waals surface area contributed by atoms with E-state index in [1.165, 1.54) is 14.2 Å². The zero-order chi connectivity index (χ0) is 15.4. The third kappa shape index (κ3) is 3.44. The number of piperidine rings is 1. The molecule has 1 fully saturated rings. The van der Waals surface area contributed by atoms with Crippen LogP contribution in [0.25, 0.3) is 0 Å². The lowest BCUT2D eigenvalue weighted by molar-refractivity contribution is -0.148. The van der Waals surface area contributed by atoms with E-state index in [-0.39, 0.29) is 17.8 Å². The summed E-state index contributed by atoms with van der Waals surface area (Å²) in [7, 11) is 2.73. The van der Waals surface area contributed by atoms with E-state index in [4.69, 9.17) is 9.15 Å². The first-order valence-electron chi connectivity index (χ1n) is 7.06. The third-order valence-electron chi connectivity index (χ3n) is 3.79. The van der Waals surface area contributed by atoms with Crippen molar-refractivity contribution in [1.29, 1.82) is 0 Å². The molecule has 0 saturated carbocycles. The largest absolute Gasteiger partial charge is 0.468 e. The monoisotopic (exact) mass is 295 g/mol. The van der Waals surface area contributed by atoms with Crippen LogP contribution in [-0.4, -0.2) is 43.6 Å². The number of aryl methyl sites for hydroxylation is 1. The Bertz CT molecular complexity index is 522. The molecule has 1 aromatic rings. The minimum atomic E-state index is -0.484. The van der Waals surface area contributed by atoms with E-state index in [1.54, 1.807) is 6.92 Å². The lowest BCUT2D eigenvalue weighted by Gasteiger charge is -2.32. The maximum atomic E-state index is 11.8. The van der Waals surface area contributed by atoms with E-state index in [1.807, 2.05) is 11.0 Å². The Morgan fingerprint density at radius 1 is 1.33 bits per heavy atom. The van der Waals surface area contributed by atoms with Gasteiger partial charge in [0.25, 0.3) is 0 Å². The normalized spacial score (nSPS) is 19.3. The standard InChI is InChI=1S/C15H21NO5/c1-10-8-11(21-13(10)15(18)20-3)9-16-7-5-4-6-12(16)14(17)19-2/h8,12H,4-7,9H2,1-3H3. The van der Waals surface area contributed by atoms with E-state index >= 15 is 0 Å². The molecule has 1 aliphatic rings.